The summed E-state index contributed by atoms with van der Waals surface area (Å²) >= 11 is 9.07. The van der Waals surface area contributed by atoms with Crippen LogP contribution in [0.4, 0.5) is 0 Å². The number of carbonyl (C=O) groups is 1. The van der Waals surface area contributed by atoms with E-state index in [1.165, 1.54) is 0 Å². The number of halogens is 2. The number of rotatable bonds is 4. The lowest BCUT2D eigenvalue weighted by Gasteiger charge is -2.07. The average molecular weight is 307 g/mol. The zero-order valence-corrected chi connectivity index (χ0v) is 11.2. The van der Waals surface area contributed by atoms with Gasteiger partial charge in [0.15, 0.2) is 0 Å². The number of aliphatic hydroxyl groups excluding tert-OH is 1. The summed E-state index contributed by atoms with van der Waals surface area (Å²) in [6.45, 7) is 2.14. The maximum atomic E-state index is 11.6. The molecule has 1 rings (SSSR count). The van der Waals surface area contributed by atoms with E-state index in [4.69, 9.17) is 16.7 Å². The van der Waals surface area contributed by atoms with Crippen LogP contribution in [0.2, 0.25) is 5.02 Å². The van der Waals surface area contributed by atoms with E-state index in [0.717, 1.165) is 0 Å². The number of carbonyl (C=O) groups excluding carboxylic acids is 1. The molecule has 88 valence electrons. The van der Waals surface area contributed by atoms with Crippen LogP contribution in [0.15, 0.2) is 22.7 Å². The summed E-state index contributed by atoms with van der Waals surface area (Å²) in [5, 5.41) is 12.3. The first kappa shape index (κ1) is 13.5. The fraction of sp³-hybridized carbons (Fsp3) is 0.364. The van der Waals surface area contributed by atoms with Gasteiger partial charge in [-0.1, -0.05) is 11.6 Å². The molecule has 1 atom stereocenters. The van der Waals surface area contributed by atoms with Crippen LogP contribution in [-0.2, 0) is 0 Å². The van der Waals surface area contributed by atoms with E-state index in [9.17, 15) is 4.79 Å². The molecule has 0 saturated carbocycles. The lowest BCUT2D eigenvalue weighted by Crippen LogP contribution is -2.26. The molecule has 16 heavy (non-hydrogen) atoms. The number of amides is 1. The van der Waals surface area contributed by atoms with Gasteiger partial charge in [-0.2, -0.15) is 0 Å². The lowest BCUT2D eigenvalue weighted by atomic mass is 10.2. The predicted molar refractivity (Wildman–Crippen MR) is 67.8 cm³/mol. The van der Waals surface area contributed by atoms with Crippen LogP contribution in [0, 0.1) is 0 Å². The van der Waals surface area contributed by atoms with E-state index in [1.54, 1.807) is 25.1 Å². The number of benzene rings is 1. The van der Waals surface area contributed by atoms with Crippen molar-refractivity contribution in [1.29, 1.82) is 0 Å². The van der Waals surface area contributed by atoms with Crippen molar-refractivity contribution in [3.8, 4) is 0 Å². The van der Waals surface area contributed by atoms with Crippen LogP contribution < -0.4 is 5.32 Å². The van der Waals surface area contributed by atoms with E-state index in [2.05, 4.69) is 21.2 Å². The first-order chi connectivity index (χ1) is 7.50. The number of aliphatic hydroxyl groups is 1. The van der Waals surface area contributed by atoms with Gasteiger partial charge in [0.05, 0.1) is 11.1 Å². The molecule has 1 aromatic carbocycles. The highest BCUT2D eigenvalue weighted by Gasteiger charge is 2.07. The number of hydrogen-bond donors (Lipinski definition) is 2. The first-order valence-corrected chi connectivity index (χ1v) is 6.09. The summed E-state index contributed by atoms with van der Waals surface area (Å²) in [6, 6.07) is 4.99. The van der Waals surface area contributed by atoms with Crippen LogP contribution in [0.5, 0.6) is 0 Å². The molecular formula is C11H13BrClNO2. The van der Waals surface area contributed by atoms with Crippen molar-refractivity contribution in [3.63, 3.8) is 0 Å². The van der Waals surface area contributed by atoms with Crippen LogP contribution in [0.25, 0.3) is 0 Å². The molecule has 0 bridgehead atoms. The summed E-state index contributed by atoms with van der Waals surface area (Å²) in [6.07, 6.45) is 0.137. The van der Waals surface area contributed by atoms with Gasteiger partial charge in [0, 0.05) is 16.6 Å². The minimum Gasteiger partial charge on any atom is -0.393 e. The fourth-order valence-corrected chi connectivity index (χ4v) is 1.63. The molecule has 0 fully saturated rings. The summed E-state index contributed by atoms with van der Waals surface area (Å²) in [5.41, 5.74) is 0.543. The van der Waals surface area contributed by atoms with E-state index in [0.29, 0.717) is 28.0 Å². The molecule has 0 heterocycles. The molecule has 0 aliphatic heterocycles. The van der Waals surface area contributed by atoms with Crippen molar-refractivity contribution in [2.75, 3.05) is 6.54 Å². The summed E-state index contributed by atoms with van der Waals surface area (Å²) < 4.78 is 0.692. The molecule has 1 unspecified atom stereocenters. The third kappa shape index (κ3) is 4.12. The monoisotopic (exact) mass is 305 g/mol. The van der Waals surface area contributed by atoms with E-state index in [-0.39, 0.29) is 5.91 Å². The molecule has 0 aliphatic rings. The standard InChI is InChI=1S/C11H13BrClNO2/c1-7(15)4-5-14-11(16)8-2-3-10(13)9(12)6-8/h2-3,6-7,15H,4-5H2,1H3,(H,14,16). The Bertz CT molecular complexity index is 382. The Morgan fingerprint density at radius 2 is 2.31 bits per heavy atom. The topological polar surface area (TPSA) is 49.3 Å². The van der Waals surface area contributed by atoms with Crippen LogP contribution in [0.3, 0.4) is 0 Å². The SMILES string of the molecule is CC(O)CCNC(=O)c1ccc(Cl)c(Br)c1. The Morgan fingerprint density at radius 3 is 2.88 bits per heavy atom. The fourth-order valence-electron chi connectivity index (χ4n) is 1.13. The van der Waals surface area contributed by atoms with E-state index >= 15 is 0 Å². The third-order valence-electron chi connectivity index (χ3n) is 2.03. The highest BCUT2D eigenvalue weighted by molar-refractivity contribution is 9.10. The van der Waals surface area contributed by atoms with Crippen LogP contribution >= 0.6 is 27.5 Å². The minimum atomic E-state index is -0.405. The third-order valence-corrected chi connectivity index (χ3v) is 3.24. The molecular weight excluding hydrogens is 293 g/mol. The summed E-state index contributed by atoms with van der Waals surface area (Å²) in [4.78, 5) is 11.6. The Morgan fingerprint density at radius 1 is 1.62 bits per heavy atom. The number of nitrogens with one attached hydrogen (secondary N) is 1. The van der Waals surface area contributed by atoms with Crippen molar-refractivity contribution in [2.24, 2.45) is 0 Å². The van der Waals surface area contributed by atoms with Crippen molar-refractivity contribution < 1.29 is 9.90 Å². The second-order valence-electron chi connectivity index (χ2n) is 3.52. The van der Waals surface area contributed by atoms with Crippen molar-refractivity contribution in [2.45, 2.75) is 19.4 Å². The predicted octanol–water partition coefficient (Wildman–Crippen LogP) is 2.60. The van der Waals surface area contributed by atoms with Gasteiger partial charge in [-0.25, -0.2) is 0 Å². The maximum absolute atomic E-state index is 11.6. The molecule has 5 heteroatoms. The number of hydrogen-bond acceptors (Lipinski definition) is 2. The Balaban J connectivity index is 2.56. The van der Waals surface area contributed by atoms with Crippen molar-refractivity contribution in [3.05, 3.63) is 33.3 Å². The molecule has 0 spiro atoms. The van der Waals surface area contributed by atoms with Gasteiger partial charge in [0.2, 0.25) is 0 Å². The molecule has 0 saturated heterocycles. The van der Waals surface area contributed by atoms with Gasteiger partial charge in [-0.15, -0.1) is 0 Å². The van der Waals surface area contributed by atoms with Gasteiger partial charge < -0.3 is 10.4 Å². The summed E-state index contributed by atoms with van der Waals surface area (Å²) in [5.74, 6) is -0.169. The van der Waals surface area contributed by atoms with Gasteiger partial charge in [0.1, 0.15) is 0 Å². The second-order valence-corrected chi connectivity index (χ2v) is 4.78. The Labute approximate surface area is 108 Å². The molecule has 2 N–H and O–H groups in total. The lowest BCUT2D eigenvalue weighted by molar-refractivity contribution is 0.0945. The molecule has 1 aromatic rings. The van der Waals surface area contributed by atoms with E-state index in [1.807, 2.05) is 0 Å². The first-order valence-electron chi connectivity index (χ1n) is 4.92. The van der Waals surface area contributed by atoms with E-state index < -0.39 is 6.10 Å². The van der Waals surface area contributed by atoms with Gasteiger partial charge in [-0.3, -0.25) is 4.79 Å². The molecule has 3 nitrogen and oxygen atoms in total. The molecule has 0 radical (unpaired) electrons. The molecule has 1 amide bonds. The van der Waals surface area contributed by atoms with Crippen molar-refractivity contribution >= 4 is 33.4 Å². The minimum absolute atomic E-state index is 0.169. The smallest absolute Gasteiger partial charge is 0.251 e. The second kappa shape index (κ2) is 6.23. The Hall–Kier alpha value is -0.580. The summed E-state index contributed by atoms with van der Waals surface area (Å²) in [7, 11) is 0. The highest BCUT2D eigenvalue weighted by atomic mass is 79.9. The van der Waals surface area contributed by atoms with Crippen LogP contribution in [-0.4, -0.2) is 23.7 Å². The highest BCUT2D eigenvalue weighted by Crippen LogP contribution is 2.23. The largest absolute Gasteiger partial charge is 0.393 e. The van der Waals surface area contributed by atoms with Gasteiger partial charge in [-0.05, 0) is 47.5 Å². The zero-order valence-electron chi connectivity index (χ0n) is 8.84. The maximum Gasteiger partial charge on any atom is 0.251 e. The molecule has 0 aliphatic carbocycles. The van der Waals surface area contributed by atoms with Crippen LogP contribution in [0.1, 0.15) is 23.7 Å². The van der Waals surface area contributed by atoms with Gasteiger partial charge >= 0.3 is 0 Å². The Kier molecular flexibility index (Phi) is 5.25. The average Bonchev–Trinajstić information content (AvgIpc) is 2.21. The van der Waals surface area contributed by atoms with Gasteiger partial charge in [0.25, 0.3) is 5.91 Å². The van der Waals surface area contributed by atoms with Crippen molar-refractivity contribution in [1.82, 2.24) is 5.32 Å². The normalized spacial score (nSPS) is 12.2. The molecule has 0 aromatic heterocycles. The quantitative estimate of drug-likeness (QED) is 0.898. The zero-order chi connectivity index (χ0) is 12.1.